The van der Waals surface area contributed by atoms with Gasteiger partial charge in [0.15, 0.2) is 0 Å². The van der Waals surface area contributed by atoms with E-state index in [1.807, 2.05) is 0 Å². The van der Waals surface area contributed by atoms with Crippen LogP contribution in [0.5, 0.6) is 0 Å². The number of hydrogen-bond acceptors (Lipinski definition) is 0. The van der Waals surface area contributed by atoms with Crippen LogP contribution in [-0.2, 0) is 0 Å². The van der Waals surface area contributed by atoms with Crippen LogP contribution in [0.2, 0.25) is 0 Å². The normalized spacial score (nSPS) is 19.1. The first-order chi connectivity index (χ1) is 5.58. The molecule has 0 bridgehead atoms. The highest BCUT2D eigenvalue weighted by Crippen LogP contribution is 2.24. The Morgan fingerprint density at radius 2 is 2.17 bits per heavy atom. The van der Waals surface area contributed by atoms with E-state index in [4.69, 9.17) is 0 Å². The molecule has 12 heavy (non-hydrogen) atoms. The van der Waals surface area contributed by atoms with Gasteiger partial charge in [0.25, 0.3) is 0 Å². The zero-order valence-corrected chi connectivity index (χ0v) is 8.56. The monoisotopic (exact) mass is 166 g/mol. The van der Waals surface area contributed by atoms with E-state index in [1.165, 1.54) is 19.3 Å². The van der Waals surface area contributed by atoms with Gasteiger partial charge >= 0.3 is 0 Å². The molecule has 1 nitrogen and oxygen atoms in total. The van der Waals surface area contributed by atoms with Gasteiger partial charge in [0.2, 0.25) is 0 Å². The zero-order chi connectivity index (χ0) is 9.03. The van der Waals surface area contributed by atoms with Crippen molar-refractivity contribution in [1.29, 1.82) is 0 Å². The lowest BCUT2D eigenvalue weighted by Crippen LogP contribution is -2.14. The molecule has 0 aromatic heterocycles. The second kappa shape index (κ2) is 4.08. The summed E-state index contributed by atoms with van der Waals surface area (Å²) in [5.74, 6) is 0. The fourth-order valence-corrected chi connectivity index (χ4v) is 1.37. The van der Waals surface area contributed by atoms with Crippen LogP contribution in [0.25, 0.3) is 0 Å². The van der Waals surface area contributed by atoms with Crippen LogP contribution in [0.1, 0.15) is 40.0 Å². The molecule has 1 rings (SSSR count). The molecule has 0 aliphatic carbocycles. The maximum atomic E-state index is 4.30. The Labute approximate surface area is 76.2 Å². The summed E-state index contributed by atoms with van der Waals surface area (Å²) >= 11 is 0. The van der Waals surface area contributed by atoms with Crippen molar-refractivity contribution in [2.75, 3.05) is 13.1 Å². The van der Waals surface area contributed by atoms with Gasteiger partial charge in [-0.25, -0.2) is 5.32 Å². The van der Waals surface area contributed by atoms with Gasteiger partial charge in [0.1, 0.15) is 0 Å². The van der Waals surface area contributed by atoms with E-state index in [0.29, 0.717) is 5.41 Å². The van der Waals surface area contributed by atoms with E-state index < -0.39 is 0 Å². The summed E-state index contributed by atoms with van der Waals surface area (Å²) < 4.78 is 0. The molecule has 1 heterocycles. The predicted octanol–water partition coefficient (Wildman–Crippen LogP) is 2.75. The number of rotatable bonds is 2. The third-order valence-corrected chi connectivity index (χ3v) is 2.30. The van der Waals surface area contributed by atoms with E-state index in [-0.39, 0.29) is 0 Å². The van der Waals surface area contributed by atoms with Crippen molar-refractivity contribution in [3.63, 3.8) is 0 Å². The third-order valence-electron chi connectivity index (χ3n) is 2.30. The average Bonchev–Trinajstić information content (AvgIpc) is 2.02. The first-order valence-corrected chi connectivity index (χ1v) is 4.89. The van der Waals surface area contributed by atoms with Crippen molar-refractivity contribution < 1.29 is 0 Å². The molecule has 0 aromatic carbocycles. The molecule has 0 amide bonds. The van der Waals surface area contributed by atoms with Crippen LogP contribution >= 0.6 is 0 Å². The van der Waals surface area contributed by atoms with E-state index in [1.54, 1.807) is 5.57 Å². The van der Waals surface area contributed by atoms with Crippen LogP contribution < -0.4 is 5.32 Å². The first kappa shape index (κ1) is 9.79. The third kappa shape index (κ3) is 3.91. The minimum Gasteiger partial charge on any atom is -0.237 e. The van der Waals surface area contributed by atoms with Gasteiger partial charge in [-0.1, -0.05) is 32.4 Å². The molecule has 1 aliphatic rings. The summed E-state index contributed by atoms with van der Waals surface area (Å²) in [4.78, 5) is 0. The van der Waals surface area contributed by atoms with Crippen molar-refractivity contribution in [2.24, 2.45) is 5.41 Å². The summed E-state index contributed by atoms with van der Waals surface area (Å²) in [6.45, 7) is 8.93. The molecule has 0 spiro atoms. The lowest BCUT2D eigenvalue weighted by Gasteiger charge is -2.20. The lowest BCUT2D eigenvalue weighted by molar-refractivity contribution is 0.374. The van der Waals surface area contributed by atoms with E-state index >= 15 is 0 Å². The molecule has 0 atom stereocenters. The molecule has 0 saturated carbocycles. The van der Waals surface area contributed by atoms with Gasteiger partial charge in [0, 0.05) is 13.1 Å². The molecule has 69 valence electrons. The van der Waals surface area contributed by atoms with Gasteiger partial charge < -0.3 is 0 Å². The Morgan fingerprint density at radius 3 is 2.67 bits per heavy atom. The Morgan fingerprint density at radius 1 is 1.42 bits per heavy atom. The number of nitrogens with zero attached hydrogens (tertiary/aromatic N) is 1. The lowest BCUT2D eigenvalue weighted by atomic mass is 9.87. The molecule has 0 saturated heterocycles. The van der Waals surface area contributed by atoms with Gasteiger partial charge in [0.05, 0.1) is 0 Å². The van der Waals surface area contributed by atoms with Crippen molar-refractivity contribution in [3.8, 4) is 0 Å². The highest BCUT2D eigenvalue weighted by Gasteiger charge is 2.11. The van der Waals surface area contributed by atoms with Crippen molar-refractivity contribution in [1.82, 2.24) is 5.32 Å². The quantitative estimate of drug-likeness (QED) is 0.560. The van der Waals surface area contributed by atoms with Gasteiger partial charge in [-0.3, -0.25) is 0 Å². The van der Waals surface area contributed by atoms with Crippen LogP contribution in [0.15, 0.2) is 11.6 Å². The fraction of sp³-hybridized carbons (Fsp3) is 0.818. The molecule has 0 aromatic rings. The smallest absolute Gasteiger partial charge is 0.0316 e. The zero-order valence-electron chi connectivity index (χ0n) is 8.56. The molecule has 1 radical (unpaired) electrons. The van der Waals surface area contributed by atoms with Gasteiger partial charge in [-0.05, 0) is 24.7 Å². The maximum absolute atomic E-state index is 4.30. The summed E-state index contributed by atoms with van der Waals surface area (Å²) in [6.07, 6.45) is 6.09. The molecule has 0 N–H and O–H groups in total. The summed E-state index contributed by atoms with van der Waals surface area (Å²) in [6, 6.07) is 0. The molecule has 1 aliphatic heterocycles. The Hall–Kier alpha value is -0.300. The Balaban J connectivity index is 2.26. The SMILES string of the molecule is CC(C)(C)CCC1=CC[N]CC1. The second-order valence-corrected chi connectivity index (χ2v) is 4.80. The van der Waals surface area contributed by atoms with Crippen molar-refractivity contribution >= 4 is 0 Å². The van der Waals surface area contributed by atoms with Crippen LogP contribution in [-0.4, -0.2) is 13.1 Å². The van der Waals surface area contributed by atoms with E-state index in [9.17, 15) is 0 Å². The Bertz CT molecular complexity index is 162. The minimum absolute atomic E-state index is 0.482. The highest BCUT2D eigenvalue weighted by molar-refractivity contribution is 5.06. The van der Waals surface area contributed by atoms with Gasteiger partial charge in [-0.2, -0.15) is 0 Å². The minimum atomic E-state index is 0.482. The van der Waals surface area contributed by atoms with Crippen molar-refractivity contribution in [3.05, 3.63) is 11.6 Å². The van der Waals surface area contributed by atoms with E-state index in [0.717, 1.165) is 13.1 Å². The van der Waals surface area contributed by atoms with Crippen LogP contribution in [0.4, 0.5) is 0 Å². The molecule has 0 fully saturated rings. The molecular weight excluding hydrogens is 146 g/mol. The van der Waals surface area contributed by atoms with Crippen molar-refractivity contribution in [2.45, 2.75) is 40.0 Å². The van der Waals surface area contributed by atoms with E-state index in [2.05, 4.69) is 32.2 Å². The summed E-state index contributed by atoms with van der Waals surface area (Å²) in [5.41, 5.74) is 2.11. The Kier molecular flexibility index (Phi) is 3.33. The maximum Gasteiger partial charge on any atom is 0.0316 e. The largest absolute Gasteiger partial charge is 0.237 e. The highest BCUT2D eigenvalue weighted by atomic mass is 14.8. The topological polar surface area (TPSA) is 14.1 Å². The number of hydrogen-bond donors (Lipinski definition) is 0. The standard InChI is InChI=1S/C11H20N/c1-11(2,3)7-4-10-5-8-12-9-6-10/h5H,4,6-9H2,1-3H3. The second-order valence-electron chi connectivity index (χ2n) is 4.80. The first-order valence-electron chi connectivity index (χ1n) is 4.89. The summed E-state index contributed by atoms with van der Waals surface area (Å²) in [5, 5.41) is 4.30. The fourth-order valence-electron chi connectivity index (χ4n) is 1.37. The molecular formula is C11H20N. The molecule has 1 heteroatoms. The molecule has 0 unspecified atom stereocenters. The predicted molar refractivity (Wildman–Crippen MR) is 53.3 cm³/mol. The summed E-state index contributed by atoms with van der Waals surface area (Å²) in [7, 11) is 0. The van der Waals surface area contributed by atoms with Gasteiger partial charge in [-0.15, -0.1) is 0 Å². The average molecular weight is 166 g/mol. The van der Waals surface area contributed by atoms with Crippen LogP contribution in [0, 0.1) is 5.41 Å². The van der Waals surface area contributed by atoms with Crippen LogP contribution in [0.3, 0.4) is 0 Å².